The quantitative estimate of drug-likeness (QED) is 0.797. The number of thioether (sulfide) groups is 1. The molecule has 0 spiro atoms. The highest BCUT2D eigenvalue weighted by Crippen LogP contribution is 2.22. The Hall–Kier alpha value is -1.20. The van der Waals surface area contributed by atoms with Crippen LogP contribution in [0, 0.1) is 0 Å². The van der Waals surface area contributed by atoms with E-state index in [1.54, 1.807) is 23.9 Å². The Balaban J connectivity index is 2.13. The number of anilines is 1. The van der Waals surface area contributed by atoms with Gasteiger partial charge in [-0.25, -0.2) is 4.98 Å². The second kappa shape index (κ2) is 4.76. The van der Waals surface area contributed by atoms with Crippen molar-refractivity contribution in [2.45, 2.75) is 17.9 Å². The first-order valence-corrected chi connectivity index (χ1v) is 6.11. The van der Waals surface area contributed by atoms with Crippen molar-refractivity contribution in [1.82, 2.24) is 4.98 Å². The van der Waals surface area contributed by atoms with Crippen molar-refractivity contribution in [3.63, 3.8) is 0 Å². The van der Waals surface area contributed by atoms with E-state index in [0.717, 1.165) is 5.52 Å². The molecule has 2 aromatic rings. The SMILES string of the molecule is CC(CO)SCc1nc2ccc(N)cc2o1. The second-order valence-electron chi connectivity index (χ2n) is 3.64. The topological polar surface area (TPSA) is 72.3 Å². The van der Waals surface area contributed by atoms with Gasteiger partial charge in [0.2, 0.25) is 5.89 Å². The van der Waals surface area contributed by atoms with Gasteiger partial charge in [0.15, 0.2) is 5.58 Å². The minimum Gasteiger partial charge on any atom is -0.440 e. The summed E-state index contributed by atoms with van der Waals surface area (Å²) in [5.74, 6) is 1.34. The zero-order valence-corrected chi connectivity index (χ0v) is 9.83. The smallest absolute Gasteiger partial charge is 0.205 e. The lowest BCUT2D eigenvalue weighted by molar-refractivity contribution is 0.300. The van der Waals surface area contributed by atoms with Crippen LogP contribution in [0.3, 0.4) is 0 Å². The molecule has 4 nitrogen and oxygen atoms in total. The monoisotopic (exact) mass is 238 g/mol. The fourth-order valence-corrected chi connectivity index (χ4v) is 1.97. The van der Waals surface area contributed by atoms with Crippen LogP contribution < -0.4 is 5.73 Å². The van der Waals surface area contributed by atoms with Crippen LogP contribution in [0.2, 0.25) is 0 Å². The molecule has 0 radical (unpaired) electrons. The van der Waals surface area contributed by atoms with Crippen molar-refractivity contribution in [1.29, 1.82) is 0 Å². The summed E-state index contributed by atoms with van der Waals surface area (Å²) in [6.45, 7) is 2.13. The van der Waals surface area contributed by atoms with E-state index in [-0.39, 0.29) is 11.9 Å². The van der Waals surface area contributed by atoms with Crippen LogP contribution in [-0.4, -0.2) is 21.9 Å². The van der Waals surface area contributed by atoms with Crippen molar-refractivity contribution < 1.29 is 9.52 Å². The minimum atomic E-state index is 0.165. The molecule has 1 heterocycles. The number of fused-ring (bicyclic) bond motifs is 1. The molecule has 0 saturated heterocycles. The van der Waals surface area contributed by atoms with Gasteiger partial charge in [0.05, 0.1) is 12.4 Å². The highest BCUT2D eigenvalue weighted by atomic mass is 32.2. The molecule has 0 aliphatic heterocycles. The summed E-state index contributed by atoms with van der Waals surface area (Å²) in [5.41, 5.74) is 7.86. The van der Waals surface area contributed by atoms with Gasteiger partial charge in [-0.3, -0.25) is 0 Å². The molecule has 5 heteroatoms. The zero-order valence-electron chi connectivity index (χ0n) is 9.01. The van der Waals surface area contributed by atoms with E-state index in [2.05, 4.69) is 4.98 Å². The van der Waals surface area contributed by atoms with E-state index in [9.17, 15) is 0 Å². The number of aliphatic hydroxyl groups excluding tert-OH is 1. The predicted molar refractivity (Wildman–Crippen MR) is 66.3 cm³/mol. The number of nitrogens with two attached hydrogens (primary N) is 1. The van der Waals surface area contributed by atoms with Crippen molar-refractivity contribution in [3.05, 3.63) is 24.1 Å². The van der Waals surface area contributed by atoms with Gasteiger partial charge in [-0.05, 0) is 12.1 Å². The second-order valence-corrected chi connectivity index (χ2v) is 5.07. The molecule has 0 aliphatic rings. The third-order valence-electron chi connectivity index (χ3n) is 2.21. The molecular weight excluding hydrogens is 224 g/mol. The van der Waals surface area contributed by atoms with E-state index >= 15 is 0 Å². The minimum absolute atomic E-state index is 0.165. The van der Waals surface area contributed by atoms with Crippen LogP contribution in [0.5, 0.6) is 0 Å². The van der Waals surface area contributed by atoms with Crippen LogP contribution in [0.15, 0.2) is 22.6 Å². The Morgan fingerprint density at radius 2 is 2.38 bits per heavy atom. The first-order valence-electron chi connectivity index (χ1n) is 5.06. The van der Waals surface area contributed by atoms with Gasteiger partial charge in [-0.15, -0.1) is 11.8 Å². The molecule has 1 aromatic carbocycles. The third kappa shape index (κ3) is 2.48. The molecule has 0 amide bonds. The van der Waals surface area contributed by atoms with Gasteiger partial charge in [0.1, 0.15) is 5.52 Å². The van der Waals surface area contributed by atoms with Crippen molar-refractivity contribution in [2.75, 3.05) is 12.3 Å². The Kier molecular flexibility index (Phi) is 3.36. The lowest BCUT2D eigenvalue weighted by Crippen LogP contribution is -2.02. The van der Waals surface area contributed by atoms with Crippen LogP contribution in [0.4, 0.5) is 5.69 Å². The van der Waals surface area contributed by atoms with Crippen LogP contribution >= 0.6 is 11.8 Å². The van der Waals surface area contributed by atoms with E-state index in [1.807, 2.05) is 13.0 Å². The van der Waals surface area contributed by atoms with Crippen molar-refractivity contribution in [3.8, 4) is 0 Å². The van der Waals surface area contributed by atoms with Crippen molar-refractivity contribution >= 4 is 28.5 Å². The fourth-order valence-electron chi connectivity index (χ4n) is 1.32. The van der Waals surface area contributed by atoms with Gasteiger partial charge in [0.25, 0.3) is 0 Å². The summed E-state index contributed by atoms with van der Waals surface area (Å²) in [4.78, 5) is 4.34. The molecule has 86 valence electrons. The standard InChI is InChI=1S/C11H14N2O2S/c1-7(5-14)16-6-11-13-9-3-2-8(12)4-10(9)15-11/h2-4,7,14H,5-6,12H2,1H3. The number of hydrogen-bond acceptors (Lipinski definition) is 5. The van der Waals surface area contributed by atoms with Crippen LogP contribution in [0.1, 0.15) is 12.8 Å². The number of nitrogens with zero attached hydrogens (tertiary/aromatic N) is 1. The lowest BCUT2D eigenvalue weighted by atomic mass is 10.3. The first-order chi connectivity index (χ1) is 7.69. The van der Waals surface area contributed by atoms with Gasteiger partial charge < -0.3 is 15.3 Å². The van der Waals surface area contributed by atoms with Crippen molar-refractivity contribution in [2.24, 2.45) is 0 Å². The summed E-state index contributed by atoms with van der Waals surface area (Å²) >= 11 is 1.61. The average molecular weight is 238 g/mol. The van der Waals surface area contributed by atoms with E-state index in [1.165, 1.54) is 0 Å². The number of rotatable bonds is 4. The Bertz CT molecular complexity index is 484. The molecule has 2 rings (SSSR count). The summed E-state index contributed by atoms with van der Waals surface area (Å²) in [7, 11) is 0. The number of aromatic nitrogens is 1. The molecule has 0 aliphatic carbocycles. The Labute approximate surface area is 97.8 Å². The number of oxazole rings is 1. The first kappa shape index (κ1) is 11.3. The van der Waals surface area contributed by atoms with E-state index < -0.39 is 0 Å². The van der Waals surface area contributed by atoms with E-state index in [0.29, 0.717) is 22.9 Å². The summed E-state index contributed by atoms with van der Waals surface area (Å²) in [5, 5.41) is 9.10. The molecule has 3 N–H and O–H groups in total. The fraction of sp³-hybridized carbons (Fsp3) is 0.364. The maximum Gasteiger partial charge on any atom is 0.205 e. The molecule has 0 bridgehead atoms. The van der Waals surface area contributed by atoms with Gasteiger partial charge in [0, 0.05) is 17.0 Å². The highest BCUT2D eigenvalue weighted by molar-refractivity contribution is 7.99. The van der Waals surface area contributed by atoms with Gasteiger partial charge in [-0.1, -0.05) is 6.92 Å². The van der Waals surface area contributed by atoms with Crippen LogP contribution in [-0.2, 0) is 5.75 Å². The maximum absolute atomic E-state index is 8.90. The molecule has 0 fully saturated rings. The summed E-state index contributed by atoms with van der Waals surface area (Å²) < 4.78 is 5.55. The van der Waals surface area contributed by atoms with Gasteiger partial charge in [-0.2, -0.15) is 0 Å². The molecule has 0 saturated carbocycles. The largest absolute Gasteiger partial charge is 0.440 e. The summed E-state index contributed by atoms with van der Waals surface area (Å²) in [6, 6.07) is 5.42. The number of aliphatic hydroxyl groups is 1. The number of hydrogen-bond donors (Lipinski definition) is 2. The predicted octanol–water partition coefficient (Wildman–Crippen LogP) is 2.02. The Morgan fingerprint density at radius 1 is 1.56 bits per heavy atom. The van der Waals surface area contributed by atoms with Gasteiger partial charge >= 0.3 is 0 Å². The summed E-state index contributed by atoms with van der Waals surface area (Å²) in [6.07, 6.45) is 0. The molecule has 1 unspecified atom stereocenters. The molecule has 1 atom stereocenters. The maximum atomic E-state index is 8.90. The Morgan fingerprint density at radius 3 is 3.12 bits per heavy atom. The zero-order chi connectivity index (χ0) is 11.5. The number of nitrogen functional groups attached to an aromatic ring is 1. The molecular formula is C11H14N2O2S. The highest BCUT2D eigenvalue weighted by Gasteiger charge is 2.08. The molecule has 1 aromatic heterocycles. The average Bonchev–Trinajstić information content (AvgIpc) is 2.67. The van der Waals surface area contributed by atoms with E-state index in [4.69, 9.17) is 15.3 Å². The normalized spacial score (nSPS) is 13.1. The lowest BCUT2D eigenvalue weighted by Gasteiger charge is -2.03. The van der Waals surface area contributed by atoms with Crippen LogP contribution in [0.25, 0.3) is 11.1 Å². The third-order valence-corrected chi connectivity index (χ3v) is 3.34. The number of benzene rings is 1. The molecule has 16 heavy (non-hydrogen) atoms.